The van der Waals surface area contributed by atoms with Gasteiger partial charge < -0.3 is 9.84 Å². The number of hydrogen-bond acceptors (Lipinski definition) is 4. The first-order chi connectivity index (χ1) is 12.3. The molecule has 2 aromatic heterocycles. The van der Waals surface area contributed by atoms with Gasteiger partial charge in [0.05, 0.1) is 23.0 Å². The third kappa shape index (κ3) is 3.37. The number of carbonyl (C=O) groups is 1. The van der Waals surface area contributed by atoms with Gasteiger partial charge >= 0.3 is 0 Å². The van der Waals surface area contributed by atoms with E-state index in [0.29, 0.717) is 22.9 Å². The van der Waals surface area contributed by atoms with Crippen LogP contribution in [0.25, 0.3) is 0 Å². The summed E-state index contributed by atoms with van der Waals surface area (Å²) in [4.78, 5) is 12.7. The van der Waals surface area contributed by atoms with Crippen LogP contribution in [0.5, 0.6) is 0 Å². The van der Waals surface area contributed by atoms with Crippen LogP contribution in [-0.4, -0.2) is 20.8 Å². The number of nitrogens with zero attached hydrogens (tertiary/aromatic N) is 3. The minimum Gasteiger partial charge on any atom is -0.361 e. The van der Waals surface area contributed by atoms with Crippen LogP contribution in [-0.2, 0) is 6.54 Å². The molecule has 2 heterocycles. The lowest BCUT2D eigenvalue weighted by molar-refractivity contribution is 0.101. The summed E-state index contributed by atoms with van der Waals surface area (Å²) in [7, 11) is 0. The number of rotatable bonds is 4. The van der Waals surface area contributed by atoms with E-state index >= 15 is 0 Å². The van der Waals surface area contributed by atoms with Gasteiger partial charge in [-0.3, -0.25) is 9.48 Å². The van der Waals surface area contributed by atoms with Gasteiger partial charge in [0, 0.05) is 11.3 Å². The number of nitrogens with one attached hydrogen (secondary N) is 1. The molecule has 0 aliphatic rings. The molecule has 0 spiro atoms. The Morgan fingerprint density at radius 2 is 1.92 bits per heavy atom. The summed E-state index contributed by atoms with van der Waals surface area (Å²) in [6.45, 7) is 9.91. The van der Waals surface area contributed by atoms with E-state index in [1.54, 1.807) is 11.6 Å². The van der Waals surface area contributed by atoms with Crippen molar-refractivity contribution in [1.82, 2.24) is 14.9 Å². The van der Waals surface area contributed by atoms with Crippen LogP contribution in [0, 0.1) is 34.6 Å². The summed E-state index contributed by atoms with van der Waals surface area (Å²) in [5.74, 6) is 0.270. The zero-order valence-electron chi connectivity index (χ0n) is 15.5. The molecule has 1 N–H and O–H groups in total. The van der Waals surface area contributed by atoms with E-state index < -0.39 is 0 Å². The average molecular weight is 373 g/mol. The second kappa shape index (κ2) is 6.96. The molecule has 0 unspecified atom stereocenters. The van der Waals surface area contributed by atoms with Crippen LogP contribution in [0.2, 0.25) is 5.02 Å². The van der Waals surface area contributed by atoms with Gasteiger partial charge in [-0.2, -0.15) is 5.10 Å². The fraction of sp³-hybridized carbons (Fsp3) is 0.316. The smallest absolute Gasteiger partial charge is 0.278 e. The molecule has 0 atom stereocenters. The molecule has 26 heavy (non-hydrogen) atoms. The lowest BCUT2D eigenvalue weighted by Gasteiger charge is -2.08. The highest BCUT2D eigenvalue weighted by atomic mass is 35.5. The van der Waals surface area contributed by atoms with Gasteiger partial charge in [0.1, 0.15) is 5.76 Å². The van der Waals surface area contributed by atoms with Crippen molar-refractivity contribution in [2.75, 3.05) is 5.32 Å². The number of carbonyl (C=O) groups excluding carboxylic acids is 1. The molecule has 6 nitrogen and oxygen atoms in total. The molecule has 0 bridgehead atoms. The van der Waals surface area contributed by atoms with Crippen molar-refractivity contribution < 1.29 is 9.32 Å². The molecule has 3 aromatic rings. The minimum absolute atomic E-state index is 0.254. The van der Waals surface area contributed by atoms with Crippen molar-refractivity contribution in [2.45, 2.75) is 41.2 Å². The van der Waals surface area contributed by atoms with E-state index in [-0.39, 0.29) is 11.6 Å². The number of hydrogen-bond donors (Lipinski definition) is 1. The van der Waals surface area contributed by atoms with Crippen molar-refractivity contribution in [1.29, 1.82) is 0 Å². The minimum atomic E-state index is -0.312. The predicted molar refractivity (Wildman–Crippen MR) is 101 cm³/mol. The third-order valence-corrected chi connectivity index (χ3v) is 5.11. The van der Waals surface area contributed by atoms with Gasteiger partial charge in [0.15, 0.2) is 5.69 Å². The lowest BCUT2D eigenvalue weighted by Crippen LogP contribution is -2.16. The van der Waals surface area contributed by atoms with Gasteiger partial charge in [-0.1, -0.05) is 22.8 Å². The van der Waals surface area contributed by atoms with E-state index in [1.165, 1.54) is 5.56 Å². The monoisotopic (exact) mass is 372 g/mol. The highest BCUT2D eigenvalue weighted by Crippen LogP contribution is 2.23. The Kier molecular flexibility index (Phi) is 4.87. The van der Waals surface area contributed by atoms with Gasteiger partial charge in [-0.25, -0.2) is 0 Å². The number of aryl methyl sites for hydroxylation is 4. The summed E-state index contributed by atoms with van der Waals surface area (Å²) in [5, 5.41) is 11.9. The summed E-state index contributed by atoms with van der Waals surface area (Å²) < 4.78 is 7.02. The van der Waals surface area contributed by atoms with Crippen LogP contribution < -0.4 is 5.32 Å². The van der Waals surface area contributed by atoms with E-state index in [4.69, 9.17) is 16.1 Å². The maximum atomic E-state index is 12.7. The number of aromatic nitrogens is 3. The zero-order valence-corrected chi connectivity index (χ0v) is 16.2. The quantitative estimate of drug-likeness (QED) is 0.738. The van der Waals surface area contributed by atoms with Gasteiger partial charge in [0.2, 0.25) is 0 Å². The molecule has 0 fully saturated rings. The molecule has 0 radical (unpaired) electrons. The van der Waals surface area contributed by atoms with E-state index in [9.17, 15) is 4.79 Å². The summed E-state index contributed by atoms with van der Waals surface area (Å²) in [5.41, 5.74) is 5.53. The summed E-state index contributed by atoms with van der Waals surface area (Å²) >= 11 is 6.21. The molecule has 0 saturated heterocycles. The Balaban J connectivity index is 1.88. The summed E-state index contributed by atoms with van der Waals surface area (Å²) in [6.07, 6.45) is 0. The fourth-order valence-corrected chi connectivity index (χ4v) is 2.88. The molecule has 1 amide bonds. The van der Waals surface area contributed by atoms with Gasteiger partial charge in [0.25, 0.3) is 5.91 Å². The van der Waals surface area contributed by atoms with Crippen LogP contribution in [0.4, 0.5) is 5.69 Å². The van der Waals surface area contributed by atoms with Crippen LogP contribution in [0.3, 0.4) is 0 Å². The molecule has 0 aliphatic heterocycles. The Bertz CT molecular complexity index is 988. The van der Waals surface area contributed by atoms with Crippen LogP contribution in [0.15, 0.2) is 22.7 Å². The molecule has 7 heteroatoms. The molecular weight excluding hydrogens is 352 g/mol. The first-order valence-corrected chi connectivity index (χ1v) is 8.69. The Hall–Kier alpha value is -2.60. The predicted octanol–water partition coefficient (Wildman–Crippen LogP) is 4.37. The standard InChI is InChI=1S/C19H21ClN4O2/c1-10-6-7-15(8-11(10)2)21-19(25)18-16(14(5)26-23-18)9-24-13(4)17(20)12(3)22-24/h6-8H,9H2,1-5H3,(H,21,25). The first-order valence-electron chi connectivity index (χ1n) is 8.31. The van der Waals surface area contributed by atoms with E-state index in [0.717, 1.165) is 22.6 Å². The maximum Gasteiger partial charge on any atom is 0.278 e. The van der Waals surface area contributed by atoms with Crippen LogP contribution >= 0.6 is 11.6 Å². The molecule has 3 rings (SSSR count). The number of amides is 1. The Labute approximate surface area is 157 Å². The lowest BCUT2D eigenvalue weighted by atomic mass is 10.1. The van der Waals surface area contributed by atoms with E-state index in [2.05, 4.69) is 15.6 Å². The Morgan fingerprint density at radius 1 is 1.19 bits per heavy atom. The average Bonchev–Trinajstić information content (AvgIpc) is 3.07. The molecule has 0 saturated carbocycles. The van der Waals surface area contributed by atoms with Crippen molar-refractivity contribution in [3.63, 3.8) is 0 Å². The van der Waals surface area contributed by atoms with Gasteiger partial charge in [-0.15, -0.1) is 0 Å². The number of anilines is 1. The number of halogens is 1. The normalized spacial score (nSPS) is 11.0. The van der Waals surface area contributed by atoms with Gasteiger partial charge in [-0.05, 0) is 57.9 Å². The highest BCUT2D eigenvalue weighted by Gasteiger charge is 2.22. The van der Waals surface area contributed by atoms with Crippen LogP contribution in [0.1, 0.15) is 44.3 Å². The molecule has 136 valence electrons. The van der Waals surface area contributed by atoms with E-state index in [1.807, 2.05) is 45.9 Å². The molecule has 0 aliphatic carbocycles. The zero-order chi connectivity index (χ0) is 19.0. The second-order valence-corrected chi connectivity index (χ2v) is 6.84. The van der Waals surface area contributed by atoms with Crippen molar-refractivity contribution in [2.24, 2.45) is 0 Å². The maximum absolute atomic E-state index is 12.7. The molecular formula is C19H21ClN4O2. The fourth-order valence-electron chi connectivity index (χ4n) is 2.74. The highest BCUT2D eigenvalue weighted by molar-refractivity contribution is 6.31. The number of benzene rings is 1. The van der Waals surface area contributed by atoms with Crippen molar-refractivity contribution in [3.05, 3.63) is 62.8 Å². The van der Waals surface area contributed by atoms with Crippen molar-refractivity contribution in [3.8, 4) is 0 Å². The second-order valence-electron chi connectivity index (χ2n) is 6.46. The summed E-state index contributed by atoms with van der Waals surface area (Å²) in [6, 6.07) is 5.77. The SMILES string of the molecule is Cc1ccc(NC(=O)c2noc(C)c2Cn2nc(C)c(Cl)c2C)cc1C. The topological polar surface area (TPSA) is 73.0 Å². The van der Waals surface area contributed by atoms with Crippen molar-refractivity contribution >= 4 is 23.2 Å². The molecule has 1 aromatic carbocycles. The third-order valence-electron chi connectivity index (χ3n) is 4.57. The Morgan fingerprint density at radius 3 is 2.54 bits per heavy atom. The first kappa shape index (κ1) is 18.2. The largest absolute Gasteiger partial charge is 0.361 e.